The number of rotatable bonds is 9. The lowest BCUT2D eigenvalue weighted by Crippen LogP contribution is -2.30. The molecule has 0 aliphatic carbocycles. The first kappa shape index (κ1) is 17.3. The van der Waals surface area contributed by atoms with Crippen LogP contribution in [0.1, 0.15) is 16.7 Å². The average molecular weight is 316 g/mol. The van der Waals surface area contributed by atoms with E-state index in [0.717, 1.165) is 23.6 Å². The van der Waals surface area contributed by atoms with Crippen LogP contribution in [0.3, 0.4) is 0 Å². The van der Waals surface area contributed by atoms with Crippen LogP contribution in [-0.2, 0) is 24.4 Å². The second kappa shape index (κ2) is 9.15. The van der Waals surface area contributed by atoms with E-state index in [-0.39, 0.29) is 0 Å². The second-order valence-corrected chi connectivity index (χ2v) is 5.10. The molecule has 0 unspecified atom stereocenters. The fraction of sp³-hybridized carbons (Fsp3) is 0.333. The SMILES string of the molecule is COCc1ccccc1CNNCc1ccc(OC)c(OC)c1. The van der Waals surface area contributed by atoms with Gasteiger partial charge in [-0.15, -0.1) is 0 Å². The smallest absolute Gasteiger partial charge is 0.161 e. The van der Waals surface area contributed by atoms with Gasteiger partial charge in [-0.25, -0.2) is 0 Å². The van der Waals surface area contributed by atoms with Crippen LogP contribution in [0.25, 0.3) is 0 Å². The molecule has 0 fully saturated rings. The number of hydrazine groups is 1. The van der Waals surface area contributed by atoms with E-state index in [1.807, 2.05) is 30.3 Å². The molecule has 124 valence electrons. The Hall–Kier alpha value is -2.08. The van der Waals surface area contributed by atoms with Crippen molar-refractivity contribution in [2.45, 2.75) is 19.7 Å². The molecule has 5 heteroatoms. The van der Waals surface area contributed by atoms with Crippen LogP contribution in [0.2, 0.25) is 0 Å². The first-order valence-electron chi connectivity index (χ1n) is 7.50. The molecule has 2 aromatic rings. The summed E-state index contributed by atoms with van der Waals surface area (Å²) >= 11 is 0. The number of hydrogen-bond acceptors (Lipinski definition) is 5. The molecular weight excluding hydrogens is 292 g/mol. The van der Waals surface area contributed by atoms with E-state index < -0.39 is 0 Å². The van der Waals surface area contributed by atoms with Crippen LogP contribution in [0, 0.1) is 0 Å². The van der Waals surface area contributed by atoms with Gasteiger partial charge in [0.25, 0.3) is 0 Å². The van der Waals surface area contributed by atoms with Gasteiger partial charge in [0.1, 0.15) is 0 Å². The zero-order valence-corrected chi connectivity index (χ0v) is 13.9. The molecule has 0 aliphatic heterocycles. The van der Waals surface area contributed by atoms with E-state index >= 15 is 0 Å². The molecule has 23 heavy (non-hydrogen) atoms. The number of benzene rings is 2. The van der Waals surface area contributed by atoms with Crippen molar-refractivity contribution in [3.05, 3.63) is 59.2 Å². The summed E-state index contributed by atoms with van der Waals surface area (Å²) in [4.78, 5) is 0. The van der Waals surface area contributed by atoms with Crippen molar-refractivity contribution in [1.29, 1.82) is 0 Å². The minimum Gasteiger partial charge on any atom is -0.493 e. The summed E-state index contributed by atoms with van der Waals surface area (Å²) in [5, 5.41) is 0. The van der Waals surface area contributed by atoms with Crippen molar-refractivity contribution < 1.29 is 14.2 Å². The lowest BCUT2D eigenvalue weighted by atomic mass is 10.1. The van der Waals surface area contributed by atoms with Crippen LogP contribution in [0.4, 0.5) is 0 Å². The topological polar surface area (TPSA) is 51.8 Å². The summed E-state index contributed by atoms with van der Waals surface area (Å²) in [6, 6.07) is 14.1. The normalized spacial score (nSPS) is 10.6. The first-order chi connectivity index (χ1) is 11.3. The number of hydrogen-bond donors (Lipinski definition) is 2. The van der Waals surface area contributed by atoms with Crippen molar-refractivity contribution in [3.63, 3.8) is 0 Å². The Morgan fingerprint density at radius 3 is 2.17 bits per heavy atom. The highest BCUT2D eigenvalue weighted by Gasteiger charge is 2.04. The van der Waals surface area contributed by atoms with Crippen LogP contribution < -0.4 is 20.3 Å². The average Bonchev–Trinajstić information content (AvgIpc) is 2.60. The minimum atomic E-state index is 0.619. The summed E-state index contributed by atoms with van der Waals surface area (Å²) in [7, 11) is 4.98. The molecule has 0 atom stereocenters. The Balaban J connectivity index is 1.86. The predicted octanol–water partition coefficient (Wildman–Crippen LogP) is 2.64. The molecule has 2 rings (SSSR count). The Bertz CT molecular complexity index is 617. The highest BCUT2D eigenvalue weighted by molar-refractivity contribution is 5.42. The van der Waals surface area contributed by atoms with E-state index in [0.29, 0.717) is 13.2 Å². The van der Waals surface area contributed by atoms with E-state index in [1.54, 1.807) is 21.3 Å². The molecular formula is C18H24N2O3. The molecule has 2 N–H and O–H groups in total. The maximum Gasteiger partial charge on any atom is 0.161 e. The molecule has 0 saturated carbocycles. The highest BCUT2D eigenvalue weighted by Crippen LogP contribution is 2.27. The summed E-state index contributed by atoms with van der Waals surface area (Å²) in [5.74, 6) is 1.47. The standard InChI is InChI=1S/C18H24N2O3/c1-21-13-16-7-5-4-6-15(16)12-20-19-11-14-8-9-17(22-2)18(10-14)23-3/h4-10,19-20H,11-13H2,1-3H3. The minimum absolute atomic E-state index is 0.619. The van der Waals surface area contributed by atoms with E-state index in [2.05, 4.69) is 23.0 Å². The Labute approximate surface area is 137 Å². The maximum atomic E-state index is 5.31. The van der Waals surface area contributed by atoms with Crippen molar-refractivity contribution in [2.24, 2.45) is 0 Å². The third-order valence-corrected chi connectivity index (χ3v) is 3.56. The summed E-state index contributed by atoms with van der Waals surface area (Å²) < 4.78 is 15.8. The monoisotopic (exact) mass is 316 g/mol. The molecule has 5 nitrogen and oxygen atoms in total. The van der Waals surface area contributed by atoms with Gasteiger partial charge in [-0.3, -0.25) is 10.9 Å². The first-order valence-corrected chi connectivity index (χ1v) is 7.50. The van der Waals surface area contributed by atoms with Gasteiger partial charge in [0.2, 0.25) is 0 Å². The maximum absolute atomic E-state index is 5.31. The van der Waals surface area contributed by atoms with Crippen molar-refractivity contribution in [1.82, 2.24) is 10.9 Å². The highest BCUT2D eigenvalue weighted by atomic mass is 16.5. The fourth-order valence-electron chi connectivity index (χ4n) is 2.34. The molecule has 0 bridgehead atoms. The molecule has 0 aromatic heterocycles. The van der Waals surface area contributed by atoms with Crippen LogP contribution in [-0.4, -0.2) is 21.3 Å². The Morgan fingerprint density at radius 1 is 0.783 bits per heavy atom. The number of nitrogens with one attached hydrogen (secondary N) is 2. The molecule has 0 aliphatic rings. The third kappa shape index (κ3) is 4.96. The van der Waals surface area contributed by atoms with E-state index in [1.165, 1.54) is 11.1 Å². The largest absolute Gasteiger partial charge is 0.493 e. The van der Waals surface area contributed by atoms with E-state index in [9.17, 15) is 0 Å². The van der Waals surface area contributed by atoms with Gasteiger partial charge in [-0.2, -0.15) is 0 Å². The van der Waals surface area contributed by atoms with Crippen molar-refractivity contribution >= 4 is 0 Å². The molecule has 0 spiro atoms. The van der Waals surface area contributed by atoms with Gasteiger partial charge in [-0.05, 0) is 28.8 Å². The number of methoxy groups -OCH3 is 3. The zero-order chi connectivity index (χ0) is 16.5. The fourth-order valence-corrected chi connectivity index (χ4v) is 2.34. The quantitative estimate of drug-likeness (QED) is 0.550. The molecule has 2 aromatic carbocycles. The predicted molar refractivity (Wildman–Crippen MR) is 90.4 cm³/mol. The Kier molecular flexibility index (Phi) is 6.87. The molecule has 0 heterocycles. The van der Waals surface area contributed by atoms with Crippen LogP contribution in [0.15, 0.2) is 42.5 Å². The van der Waals surface area contributed by atoms with Crippen molar-refractivity contribution in [2.75, 3.05) is 21.3 Å². The van der Waals surface area contributed by atoms with Crippen LogP contribution in [0.5, 0.6) is 11.5 Å². The molecule has 0 radical (unpaired) electrons. The van der Waals surface area contributed by atoms with Gasteiger partial charge in [0.05, 0.1) is 20.8 Å². The zero-order valence-electron chi connectivity index (χ0n) is 13.9. The van der Waals surface area contributed by atoms with Gasteiger partial charge in [0, 0.05) is 20.2 Å². The van der Waals surface area contributed by atoms with Gasteiger partial charge >= 0.3 is 0 Å². The molecule has 0 saturated heterocycles. The lowest BCUT2D eigenvalue weighted by Gasteiger charge is -2.12. The van der Waals surface area contributed by atoms with Crippen molar-refractivity contribution in [3.8, 4) is 11.5 Å². The van der Waals surface area contributed by atoms with Gasteiger partial charge in [-0.1, -0.05) is 30.3 Å². The van der Waals surface area contributed by atoms with Crippen LogP contribution >= 0.6 is 0 Å². The second-order valence-electron chi connectivity index (χ2n) is 5.10. The summed E-state index contributed by atoms with van der Waals surface area (Å²) in [6.07, 6.45) is 0. The summed E-state index contributed by atoms with van der Waals surface area (Å²) in [6.45, 7) is 2.03. The summed E-state index contributed by atoms with van der Waals surface area (Å²) in [5.41, 5.74) is 9.98. The lowest BCUT2D eigenvalue weighted by molar-refractivity contribution is 0.184. The molecule has 0 amide bonds. The Morgan fingerprint density at radius 2 is 1.48 bits per heavy atom. The van der Waals surface area contributed by atoms with Gasteiger partial charge in [0.15, 0.2) is 11.5 Å². The van der Waals surface area contributed by atoms with Gasteiger partial charge < -0.3 is 14.2 Å². The number of ether oxygens (including phenoxy) is 3. The van der Waals surface area contributed by atoms with E-state index in [4.69, 9.17) is 14.2 Å². The third-order valence-electron chi connectivity index (χ3n) is 3.56.